The number of rotatable bonds is 0. The van der Waals surface area contributed by atoms with E-state index in [9.17, 15) is 4.79 Å². The second-order valence-corrected chi connectivity index (χ2v) is 4.11. The minimum atomic E-state index is 0.0547. The lowest BCUT2D eigenvalue weighted by Crippen LogP contribution is -2.37. The Hall–Kier alpha value is -0.790. The standard InChI is InChI=1S/C10H12O2/c11-10-9-7-3-1-6(2-4-7)8(9)5-12-10/h1,3,6-9H,2,4-5H2/t6-,7+,8+,9-/m0/s1. The minimum absolute atomic E-state index is 0.0547. The van der Waals surface area contributed by atoms with Crippen LogP contribution in [0.4, 0.5) is 0 Å². The average molecular weight is 164 g/mol. The van der Waals surface area contributed by atoms with Gasteiger partial charge in [-0.2, -0.15) is 0 Å². The molecule has 0 N–H and O–H groups in total. The van der Waals surface area contributed by atoms with E-state index in [2.05, 4.69) is 12.2 Å². The third-order valence-electron chi connectivity index (χ3n) is 3.60. The lowest BCUT2D eigenvalue weighted by molar-refractivity contribution is -0.142. The molecule has 1 heterocycles. The average Bonchev–Trinajstić information content (AvgIpc) is 2.53. The molecule has 0 unspecified atom stereocenters. The highest BCUT2D eigenvalue weighted by Gasteiger charge is 2.49. The van der Waals surface area contributed by atoms with Crippen molar-refractivity contribution in [3.8, 4) is 0 Å². The van der Waals surface area contributed by atoms with E-state index in [4.69, 9.17) is 4.74 Å². The molecule has 0 aromatic heterocycles. The van der Waals surface area contributed by atoms with Crippen LogP contribution in [0.3, 0.4) is 0 Å². The predicted octanol–water partition coefficient (Wildman–Crippen LogP) is 1.37. The molecule has 0 aromatic carbocycles. The molecule has 4 atom stereocenters. The van der Waals surface area contributed by atoms with Crippen LogP contribution in [0.25, 0.3) is 0 Å². The molecule has 2 bridgehead atoms. The number of allylic oxidation sites excluding steroid dienone is 2. The van der Waals surface area contributed by atoms with Crippen LogP contribution in [-0.2, 0) is 9.53 Å². The highest BCUT2D eigenvalue weighted by Crippen LogP contribution is 2.47. The first-order valence-electron chi connectivity index (χ1n) is 4.71. The summed E-state index contributed by atoms with van der Waals surface area (Å²) in [6.07, 6.45) is 6.97. The Bertz CT molecular complexity index is 257. The zero-order valence-corrected chi connectivity index (χ0v) is 6.90. The molecule has 0 amide bonds. The maximum atomic E-state index is 11.3. The SMILES string of the molecule is O=C1OC[C@H]2[C@@H]1[C@@H]1C=C[C@H]2CC1. The van der Waals surface area contributed by atoms with Gasteiger partial charge in [-0.05, 0) is 24.7 Å². The van der Waals surface area contributed by atoms with Crippen LogP contribution in [0, 0.1) is 23.7 Å². The number of hydrogen-bond donors (Lipinski definition) is 0. The summed E-state index contributed by atoms with van der Waals surface area (Å²) in [7, 11) is 0. The third kappa shape index (κ3) is 0.680. The van der Waals surface area contributed by atoms with Gasteiger partial charge in [-0.25, -0.2) is 0 Å². The van der Waals surface area contributed by atoms with E-state index in [0.717, 1.165) is 0 Å². The van der Waals surface area contributed by atoms with E-state index in [0.29, 0.717) is 24.4 Å². The summed E-state index contributed by atoms with van der Waals surface area (Å²) in [5, 5.41) is 0. The van der Waals surface area contributed by atoms with Crippen LogP contribution in [0.15, 0.2) is 12.2 Å². The van der Waals surface area contributed by atoms with Gasteiger partial charge in [0.25, 0.3) is 0 Å². The van der Waals surface area contributed by atoms with Gasteiger partial charge in [0.05, 0.1) is 12.5 Å². The van der Waals surface area contributed by atoms with E-state index in [-0.39, 0.29) is 11.9 Å². The van der Waals surface area contributed by atoms with Crippen LogP contribution in [0.2, 0.25) is 0 Å². The zero-order valence-electron chi connectivity index (χ0n) is 6.90. The summed E-state index contributed by atoms with van der Waals surface area (Å²) in [6, 6.07) is 0. The molecule has 1 aliphatic heterocycles. The number of fused-ring (bicyclic) bond motifs is 1. The molecule has 4 aliphatic rings. The Morgan fingerprint density at radius 3 is 2.67 bits per heavy atom. The van der Waals surface area contributed by atoms with Crippen LogP contribution < -0.4 is 0 Å². The fraction of sp³-hybridized carbons (Fsp3) is 0.700. The van der Waals surface area contributed by atoms with E-state index in [1.165, 1.54) is 12.8 Å². The van der Waals surface area contributed by atoms with Crippen LogP contribution in [-0.4, -0.2) is 12.6 Å². The van der Waals surface area contributed by atoms with Crippen molar-refractivity contribution in [2.24, 2.45) is 23.7 Å². The first-order chi connectivity index (χ1) is 5.86. The summed E-state index contributed by atoms with van der Waals surface area (Å²) in [5.74, 6) is 1.91. The van der Waals surface area contributed by atoms with Crippen molar-refractivity contribution in [3.05, 3.63) is 12.2 Å². The van der Waals surface area contributed by atoms with Crippen molar-refractivity contribution in [1.82, 2.24) is 0 Å². The molecule has 1 saturated heterocycles. The van der Waals surface area contributed by atoms with Gasteiger partial charge in [-0.1, -0.05) is 12.2 Å². The smallest absolute Gasteiger partial charge is 0.309 e. The molecule has 3 aliphatic carbocycles. The third-order valence-corrected chi connectivity index (χ3v) is 3.60. The van der Waals surface area contributed by atoms with Crippen molar-refractivity contribution >= 4 is 5.97 Å². The van der Waals surface area contributed by atoms with Crippen LogP contribution in [0.1, 0.15) is 12.8 Å². The first kappa shape index (κ1) is 6.70. The number of carbonyl (C=O) groups excluding carboxylic acids is 1. The Morgan fingerprint density at radius 1 is 1.25 bits per heavy atom. The molecule has 0 spiro atoms. The zero-order chi connectivity index (χ0) is 8.13. The fourth-order valence-corrected chi connectivity index (χ4v) is 2.95. The maximum absolute atomic E-state index is 11.3. The lowest BCUT2D eigenvalue weighted by Gasteiger charge is -2.38. The Morgan fingerprint density at radius 2 is 2.00 bits per heavy atom. The van der Waals surface area contributed by atoms with E-state index >= 15 is 0 Å². The van der Waals surface area contributed by atoms with Gasteiger partial charge >= 0.3 is 5.97 Å². The summed E-state index contributed by atoms with van der Waals surface area (Å²) in [5.41, 5.74) is 0. The number of cyclic esters (lactones) is 1. The Kier molecular flexibility index (Phi) is 1.18. The molecular formula is C10H12O2. The molecular weight excluding hydrogens is 152 g/mol. The van der Waals surface area contributed by atoms with Crippen molar-refractivity contribution in [2.75, 3.05) is 6.61 Å². The van der Waals surface area contributed by atoms with Crippen molar-refractivity contribution in [3.63, 3.8) is 0 Å². The van der Waals surface area contributed by atoms with Crippen LogP contribution in [0.5, 0.6) is 0 Å². The van der Waals surface area contributed by atoms with Gasteiger partial charge in [0.15, 0.2) is 0 Å². The molecule has 2 fully saturated rings. The second-order valence-electron chi connectivity index (χ2n) is 4.11. The number of hydrogen-bond acceptors (Lipinski definition) is 2. The fourth-order valence-electron chi connectivity index (χ4n) is 2.95. The van der Waals surface area contributed by atoms with Gasteiger partial charge in [0.2, 0.25) is 0 Å². The van der Waals surface area contributed by atoms with Gasteiger partial charge < -0.3 is 4.74 Å². The van der Waals surface area contributed by atoms with Crippen molar-refractivity contribution in [2.45, 2.75) is 12.8 Å². The first-order valence-corrected chi connectivity index (χ1v) is 4.71. The topological polar surface area (TPSA) is 26.3 Å². The predicted molar refractivity (Wildman–Crippen MR) is 43.3 cm³/mol. The maximum Gasteiger partial charge on any atom is 0.309 e. The highest BCUT2D eigenvalue weighted by molar-refractivity contribution is 5.76. The second kappa shape index (κ2) is 2.12. The molecule has 2 heteroatoms. The molecule has 64 valence electrons. The van der Waals surface area contributed by atoms with Gasteiger partial charge in [-0.15, -0.1) is 0 Å². The van der Waals surface area contributed by atoms with Gasteiger partial charge in [0, 0.05) is 5.92 Å². The summed E-state index contributed by atoms with van der Waals surface area (Å²) in [4.78, 5) is 11.3. The van der Waals surface area contributed by atoms with Crippen molar-refractivity contribution < 1.29 is 9.53 Å². The number of carbonyl (C=O) groups is 1. The van der Waals surface area contributed by atoms with Gasteiger partial charge in [-0.3, -0.25) is 4.79 Å². The monoisotopic (exact) mass is 164 g/mol. The van der Waals surface area contributed by atoms with Gasteiger partial charge in [0.1, 0.15) is 0 Å². The normalized spacial score (nSPS) is 49.2. The lowest BCUT2D eigenvalue weighted by atomic mass is 9.63. The minimum Gasteiger partial charge on any atom is -0.465 e. The Balaban J connectivity index is 2.01. The highest BCUT2D eigenvalue weighted by atomic mass is 16.5. The summed E-state index contributed by atoms with van der Waals surface area (Å²) in [6.45, 7) is 0.676. The molecule has 4 rings (SSSR count). The van der Waals surface area contributed by atoms with Crippen LogP contribution >= 0.6 is 0 Å². The quantitative estimate of drug-likeness (QED) is 0.399. The van der Waals surface area contributed by atoms with Crippen molar-refractivity contribution in [1.29, 1.82) is 0 Å². The molecule has 12 heavy (non-hydrogen) atoms. The largest absolute Gasteiger partial charge is 0.465 e. The van der Waals surface area contributed by atoms with E-state index in [1.807, 2.05) is 0 Å². The van der Waals surface area contributed by atoms with E-state index < -0.39 is 0 Å². The Labute approximate surface area is 71.6 Å². The molecule has 1 saturated carbocycles. The summed E-state index contributed by atoms with van der Waals surface area (Å²) >= 11 is 0. The number of esters is 1. The molecule has 2 nitrogen and oxygen atoms in total. The molecule has 0 aromatic rings. The van der Waals surface area contributed by atoms with E-state index in [1.54, 1.807) is 0 Å². The molecule has 0 radical (unpaired) electrons. The summed E-state index contributed by atoms with van der Waals surface area (Å²) < 4.78 is 5.10. The number of ether oxygens (including phenoxy) is 1.